The number of β-lactam (4-membered cyclic amide) rings is 1. The van der Waals surface area contributed by atoms with E-state index < -0.39 is 6.04 Å². The molecule has 114 valence electrons. The fourth-order valence-electron chi connectivity index (χ4n) is 2.50. The minimum absolute atomic E-state index is 0.215. The number of amides is 2. The van der Waals surface area contributed by atoms with E-state index in [1.165, 1.54) is 4.90 Å². The number of allylic oxidation sites excluding steroid dienone is 1. The second kappa shape index (κ2) is 5.78. The van der Waals surface area contributed by atoms with Crippen molar-refractivity contribution in [3.63, 3.8) is 0 Å². The maximum atomic E-state index is 12.2. The van der Waals surface area contributed by atoms with E-state index in [4.69, 9.17) is 11.6 Å². The number of nitrogens with one attached hydrogen (secondary N) is 1. The van der Waals surface area contributed by atoms with Crippen LogP contribution in [0.25, 0.3) is 0 Å². The minimum Gasteiger partial charge on any atom is -0.338 e. The van der Waals surface area contributed by atoms with Crippen LogP contribution < -0.4 is 5.32 Å². The number of carbonyl (C=O) groups excluding carboxylic acids is 3. The number of benzene rings is 1. The second-order valence-corrected chi connectivity index (χ2v) is 6.69. The monoisotopic (exact) mass is 336 g/mol. The lowest BCUT2D eigenvalue weighted by Gasteiger charge is -2.49. The molecule has 3 rings (SSSR count). The van der Waals surface area contributed by atoms with Gasteiger partial charge in [0.05, 0.1) is 5.70 Å². The van der Waals surface area contributed by atoms with Crippen LogP contribution in [-0.2, 0) is 9.59 Å². The third kappa shape index (κ3) is 2.42. The molecule has 1 aromatic carbocycles. The number of halogens is 1. The van der Waals surface area contributed by atoms with Gasteiger partial charge >= 0.3 is 0 Å². The lowest BCUT2D eigenvalue weighted by atomic mass is 10.0. The fraction of sp³-hybridized carbons (Fsp3) is 0.267. The first-order valence-corrected chi connectivity index (χ1v) is 8.11. The van der Waals surface area contributed by atoms with Crippen LogP contribution in [0.4, 0.5) is 0 Å². The summed E-state index contributed by atoms with van der Waals surface area (Å²) in [4.78, 5) is 37.0. The van der Waals surface area contributed by atoms with E-state index in [0.29, 0.717) is 28.3 Å². The first kappa shape index (κ1) is 15.1. The van der Waals surface area contributed by atoms with E-state index in [2.05, 4.69) is 5.32 Å². The van der Waals surface area contributed by atoms with Gasteiger partial charge in [-0.15, -0.1) is 11.8 Å². The number of carbonyl (C=O) groups is 3. The third-order valence-electron chi connectivity index (χ3n) is 3.72. The van der Waals surface area contributed by atoms with Crippen LogP contribution in [0.3, 0.4) is 0 Å². The highest BCUT2D eigenvalue weighted by Gasteiger charge is 2.52. The normalized spacial score (nSPS) is 23.7. The second-order valence-electron chi connectivity index (χ2n) is 5.15. The maximum absolute atomic E-state index is 12.2. The van der Waals surface area contributed by atoms with Gasteiger partial charge in [-0.1, -0.05) is 11.6 Å². The largest absolute Gasteiger partial charge is 0.338 e. The quantitative estimate of drug-likeness (QED) is 0.675. The van der Waals surface area contributed by atoms with E-state index in [-0.39, 0.29) is 17.2 Å². The molecular formula is C15H13ClN2O3S. The Hall–Kier alpha value is -1.79. The summed E-state index contributed by atoms with van der Waals surface area (Å²) in [6.07, 6.45) is 0.706. The molecule has 7 heteroatoms. The van der Waals surface area contributed by atoms with Crippen LogP contribution >= 0.6 is 23.4 Å². The maximum Gasteiger partial charge on any atom is 0.253 e. The molecule has 2 amide bonds. The van der Waals surface area contributed by atoms with Gasteiger partial charge in [-0.2, -0.15) is 0 Å². The molecule has 0 aliphatic carbocycles. The van der Waals surface area contributed by atoms with Crippen molar-refractivity contribution in [2.45, 2.75) is 18.3 Å². The summed E-state index contributed by atoms with van der Waals surface area (Å²) in [6.45, 7) is 1.83. The van der Waals surface area contributed by atoms with Gasteiger partial charge in [-0.25, -0.2) is 0 Å². The number of aldehydes is 1. The summed E-state index contributed by atoms with van der Waals surface area (Å²) in [5.41, 5.74) is 1.75. The summed E-state index contributed by atoms with van der Waals surface area (Å²) in [5.74, 6) is 0.102. The van der Waals surface area contributed by atoms with Crippen LogP contribution in [-0.4, -0.2) is 40.2 Å². The SMILES string of the molecule is CC1=C(C=O)N2C(=O)C(NC(=O)c3ccc(Cl)cc3)C2SC1. The average molecular weight is 337 g/mol. The Bertz CT molecular complexity index is 687. The molecule has 1 aromatic rings. The van der Waals surface area contributed by atoms with Crippen molar-refractivity contribution in [1.82, 2.24) is 10.2 Å². The molecule has 5 nitrogen and oxygen atoms in total. The molecule has 0 saturated carbocycles. The molecule has 0 bridgehead atoms. The van der Waals surface area contributed by atoms with Crippen LogP contribution in [0.2, 0.25) is 5.02 Å². The van der Waals surface area contributed by atoms with Crippen molar-refractivity contribution in [1.29, 1.82) is 0 Å². The predicted octanol–water partition coefficient (Wildman–Crippen LogP) is 1.83. The van der Waals surface area contributed by atoms with Gasteiger partial charge in [0.2, 0.25) is 0 Å². The third-order valence-corrected chi connectivity index (χ3v) is 5.39. The van der Waals surface area contributed by atoms with Crippen LogP contribution in [0.1, 0.15) is 17.3 Å². The molecule has 2 aliphatic heterocycles. The van der Waals surface area contributed by atoms with Gasteiger partial charge in [0, 0.05) is 16.3 Å². The Morgan fingerprint density at radius 2 is 2.09 bits per heavy atom. The molecule has 2 unspecified atom stereocenters. The lowest BCUT2D eigenvalue weighted by molar-refractivity contribution is -0.143. The number of fused-ring (bicyclic) bond motifs is 1. The Balaban J connectivity index is 1.73. The van der Waals surface area contributed by atoms with Crippen molar-refractivity contribution >= 4 is 41.5 Å². The number of thioether (sulfide) groups is 1. The van der Waals surface area contributed by atoms with E-state index in [9.17, 15) is 14.4 Å². The summed E-state index contributed by atoms with van der Waals surface area (Å²) >= 11 is 7.33. The highest BCUT2D eigenvalue weighted by Crippen LogP contribution is 2.39. The lowest BCUT2D eigenvalue weighted by Crippen LogP contribution is -2.70. The molecular weight excluding hydrogens is 324 g/mol. The predicted molar refractivity (Wildman–Crippen MR) is 84.6 cm³/mol. The van der Waals surface area contributed by atoms with Crippen molar-refractivity contribution < 1.29 is 14.4 Å². The van der Waals surface area contributed by atoms with Crippen molar-refractivity contribution in [2.24, 2.45) is 0 Å². The standard InChI is InChI=1S/C15H13ClN2O3S/c1-8-7-22-15-12(14(21)18(15)11(8)6-19)17-13(20)9-2-4-10(16)5-3-9/h2-6,12,15H,7H2,1H3,(H,17,20). The smallest absolute Gasteiger partial charge is 0.253 e. The number of hydrogen-bond donors (Lipinski definition) is 1. The Labute approximate surface area is 136 Å². The van der Waals surface area contributed by atoms with Gasteiger partial charge in [-0.05, 0) is 36.8 Å². The number of nitrogens with zero attached hydrogens (tertiary/aromatic N) is 1. The summed E-state index contributed by atoms with van der Waals surface area (Å²) in [7, 11) is 0. The Kier molecular flexibility index (Phi) is 3.97. The Morgan fingerprint density at radius 1 is 1.41 bits per heavy atom. The number of hydrogen-bond acceptors (Lipinski definition) is 4. The first-order valence-electron chi connectivity index (χ1n) is 6.69. The van der Waals surface area contributed by atoms with E-state index >= 15 is 0 Å². The first-order chi connectivity index (χ1) is 10.5. The molecule has 0 radical (unpaired) electrons. The van der Waals surface area contributed by atoms with Crippen LogP contribution in [0.15, 0.2) is 35.5 Å². The zero-order valence-electron chi connectivity index (χ0n) is 11.7. The molecule has 1 N–H and O–H groups in total. The van der Waals surface area contributed by atoms with Crippen molar-refractivity contribution in [2.75, 3.05) is 5.75 Å². The van der Waals surface area contributed by atoms with E-state index in [0.717, 1.165) is 5.57 Å². The topological polar surface area (TPSA) is 66.5 Å². The van der Waals surface area contributed by atoms with Gasteiger partial charge < -0.3 is 5.32 Å². The van der Waals surface area contributed by atoms with E-state index in [1.54, 1.807) is 36.0 Å². The van der Waals surface area contributed by atoms with Crippen LogP contribution in [0, 0.1) is 0 Å². The van der Waals surface area contributed by atoms with Gasteiger partial charge in [0.1, 0.15) is 11.4 Å². The highest BCUT2D eigenvalue weighted by atomic mass is 35.5. The van der Waals surface area contributed by atoms with Crippen LogP contribution in [0.5, 0.6) is 0 Å². The van der Waals surface area contributed by atoms with Gasteiger partial charge in [0.25, 0.3) is 11.8 Å². The fourth-order valence-corrected chi connectivity index (χ4v) is 3.93. The van der Waals surface area contributed by atoms with Gasteiger partial charge in [0.15, 0.2) is 6.29 Å². The molecule has 2 heterocycles. The summed E-state index contributed by atoms with van der Waals surface area (Å²) in [6, 6.07) is 5.85. The highest BCUT2D eigenvalue weighted by molar-refractivity contribution is 8.00. The molecule has 0 aromatic heterocycles. The Morgan fingerprint density at radius 3 is 2.73 bits per heavy atom. The molecule has 1 fully saturated rings. The molecule has 2 aliphatic rings. The zero-order chi connectivity index (χ0) is 15.9. The summed E-state index contributed by atoms with van der Waals surface area (Å²) in [5, 5.41) is 3.06. The van der Waals surface area contributed by atoms with E-state index in [1.807, 2.05) is 6.92 Å². The molecule has 1 saturated heterocycles. The van der Waals surface area contributed by atoms with Crippen molar-refractivity contribution in [3.05, 3.63) is 46.1 Å². The minimum atomic E-state index is -0.601. The van der Waals surface area contributed by atoms with Crippen molar-refractivity contribution in [3.8, 4) is 0 Å². The average Bonchev–Trinajstić information content (AvgIpc) is 2.52. The molecule has 2 atom stereocenters. The molecule has 22 heavy (non-hydrogen) atoms. The molecule has 0 spiro atoms. The van der Waals surface area contributed by atoms with Gasteiger partial charge in [-0.3, -0.25) is 19.3 Å². The number of rotatable bonds is 3. The zero-order valence-corrected chi connectivity index (χ0v) is 13.3. The summed E-state index contributed by atoms with van der Waals surface area (Å²) < 4.78 is 0.